The Hall–Kier alpha value is -2.78. The van der Waals surface area contributed by atoms with Gasteiger partial charge in [0.05, 0.1) is 28.7 Å². The van der Waals surface area contributed by atoms with Gasteiger partial charge in [-0.15, -0.1) is 0 Å². The minimum absolute atomic E-state index is 0.0749. The van der Waals surface area contributed by atoms with Crippen molar-refractivity contribution < 1.29 is 17.9 Å². The molecule has 2 heterocycles. The molecule has 0 spiro atoms. The summed E-state index contributed by atoms with van der Waals surface area (Å²) in [5.74, 6) is -0.185. The van der Waals surface area contributed by atoms with E-state index in [4.69, 9.17) is 4.74 Å². The number of nitrogens with zero attached hydrogens (tertiary/aromatic N) is 3. The molecule has 1 aromatic carbocycles. The van der Waals surface area contributed by atoms with Crippen LogP contribution in [0.25, 0.3) is 11.4 Å². The quantitative estimate of drug-likeness (QED) is 0.306. The molecule has 0 saturated heterocycles. The third kappa shape index (κ3) is 5.85. The van der Waals surface area contributed by atoms with Crippen LogP contribution in [0, 0.1) is 0 Å². The number of thioether (sulfide) groups is 1. The molecule has 150 valence electrons. The standard InChI is InChI=1S/C20H19N3O4S2/c1-2-27-19(24)13-28-18-12-16(14-29(25,26)17-6-4-3-5-7-17)22-20(23-18)15-8-10-21-11-9-15/h3-12H,2,13-14H2,1H3. The van der Waals surface area contributed by atoms with Gasteiger partial charge in [0.25, 0.3) is 0 Å². The molecule has 0 N–H and O–H groups in total. The van der Waals surface area contributed by atoms with Gasteiger partial charge in [-0.1, -0.05) is 30.0 Å². The molecule has 0 bridgehead atoms. The van der Waals surface area contributed by atoms with Crippen LogP contribution in [0.4, 0.5) is 0 Å². The van der Waals surface area contributed by atoms with Crippen molar-refractivity contribution in [2.75, 3.05) is 12.4 Å². The maximum Gasteiger partial charge on any atom is 0.316 e. The molecule has 0 aliphatic heterocycles. The van der Waals surface area contributed by atoms with Gasteiger partial charge in [0.1, 0.15) is 5.03 Å². The lowest BCUT2D eigenvalue weighted by Crippen LogP contribution is -2.09. The molecule has 3 rings (SSSR count). The van der Waals surface area contributed by atoms with Crippen molar-refractivity contribution >= 4 is 27.6 Å². The normalized spacial score (nSPS) is 11.2. The minimum Gasteiger partial charge on any atom is -0.465 e. The third-order valence-corrected chi connectivity index (χ3v) is 6.33. The summed E-state index contributed by atoms with van der Waals surface area (Å²) in [5, 5.41) is 0.498. The summed E-state index contributed by atoms with van der Waals surface area (Å²) in [6.45, 7) is 2.04. The molecule has 0 aliphatic rings. The van der Waals surface area contributed by atoms with Gasteiger partial charge in [-0.05, 0) is 37.3 Å². The molecule has 0 fully saturated rings. The predicted octanol–water partition coefficient (Wildman–Crippen LogP) is 3.17. The van der Waals surface area contributed by atoms with Crippen LogP contribution in [0.5, 0.6) is 0 Å². The zero-order valence-electron chi connectivity index (χ0n) is 15.7. The van der Waals surface area contributed by atoms with E-state index in [2.05, 4.69) is 15.0 Å². The fraction of sp³-hybridized carbons (Fsp3) is 0.200. The van der Waals surface area contributed by atoms with E-state index in [0.29, 0.717) is 28.7 Å². The maximum atomic E-state index is 12.8. The average Bonchev–Trinajstić information content (AvgIpc) is 2.73. The van der Waals surface area contributed by atoms with E-state index in [-0.39, 0.29) is 22.4 Å². The number of carbonyl (C=O) groups excluding carboxylic acids is 1. The molecule has 9 heteroatoms. The van der Waals surface area contributed by atoms with E-state index in [0.717, 1.165) is 0 Å². The van der Waals surface area contributed by atoms with Crippen molar-refractivity contribution in [3.63, 3.8) is 0 Å². The topological polar surface area (TPSA) is 99.1 Å². The summed E-state index contributed by atoms with van der Waals surface area (Å²) in [4.78, 5) is 24.8. The van der Waals surface area contributed by atoms with Crippen LogP contribution in [-0.2, 0) is 25.1 Å². The number of carbonyl (C=O) groups is 1. The second-order valence-corrected chi connectivity index (χ2v) is 8.91. The monoisotopic (exact) mass is 429 g/mol. The van der Waals surface area contributed by atoms with E-state index in [1.807, 2.05) is 0 Å². The fourth-order valence-electron chi connectivity index (χ4n) is 2.49. The molecule has 0 aliphatic carbocycles. The second kappa shape index (κ2) is 9.62. The van der Waals surface area contributed by atoms with Crippen LogP contribution >= 0.6 is 11.8 Å². The third-order valence-electron chi connectivity index (χ3n) is 3.78. The van der Waals surface area contributed by atoms with Crippen LogP contribution in [0.2, 0.25) is 0 Å². The number of rotatable bonds is 8. The number of esters is 1. The summed E-state index contributed by atoms with van der Waals surface area (Å²) in [7, 11) is -3.57. The van der Waals surface area contributed by atoms with E-state index >= 15 is 0 Å². The summed E-state index contributed by atoms with van der Waals surface area (Å²) in [6.07, 6.45) is 3.22. The van der Waals surface area contributed by atoms with E-state index in [1.165, 1.54) is 11.8 Å². The number of benzene rings is 1. The molecule has 7 nitrogen and oxygen atoms in total. The Balaban J connectivity index is 1.93. The molecule has 2 aromatic heterocycles. The first-order chi connectivity index (χ1) is 14.0. The molecule has 0 amide bonds. The first-order valence-corrected chi connectivity index (χ1v) is 11.5. The van der Waals surface area contributed by atoms with Crippen LogP contribution in [0.3, 0.4) is 0 Å². The number of hydrogen-bond donors (Lipinski definition) is 0. The number of sulfone groups is 1. The highest BCUT2D eigenvalue weighted by Crippen LogP contribution is 2.24. The van der Waals surface area contributed by atoms with Gasteiger partial charge in [0.15, 0.2) is 15.7 Å². The molecule has 29 heavy (non-hydrogen) atoms. The van der Waals surface area contributed by atoms with Crippen LogP contribution in [0.15, 0.2) is 70.8 Å². The van der Waals surface area contributed by atoms with Gasteiger partial charge in [-0.2, -0.15) is 0 Å². The first kappa shape index (κ1) is 20.9. The minimum atomic E-state index is -3.57. The summed E-state index contributed by atoms with van der Waals surface area (Å²) >= 11 is 1.18. The molecular formula is C20H19N3O4S2. The van der Waals surface area contributed by atoms with Gasteiger partial charge in [0.2, 0.25) is 0 Å². The largest absolute Gasteiger partial charge is 0.465 e. The highest BCUT2D eigenvalue weighted by molar-refractivity contribution is 7.99. The number of pyridine rings is 1. The maximum absolute atomic E-state index is 12.8. The average molecular weight is 430 g/mol. The Morgan fingerprint density at radius 2 is 1.79 bits per heavy atom. The van der Waals surface area contributed by atoms with Crippen molar-refractivity contribution in [1.29, 1.82) is 0 Å². The highest BCUT2D eigenvalue weighted by atomic mass is 32.2. The highest BCUT2D eigenvalue weighted by Gasteiger charge is 2.18. The van der Waals surface area contributed by atoms with Gasteiger partial charge >= 0.3 is 5.97 Å². The van der Waals surface area contributed by atoms with Crippen LogP contribution in [0.1, 0.15) is 12.6 Å². The lowest BCUT2D eigenvalue weighted by molar-refractivity contribution is -0.139. The van der Waals surface area contributed by atoms with Crippen molar-refractivity contribution in [2.24, 2.45) is 0 Å². The molecule has 3 aromatic rings. The summed E-state index contributed by atoms with van der Waals surface area (Å²) < 4.78 is 30.5. The zero-order chi connectivity index (χ0) is 20.7. The van der Waals surface area contributed by atoms with Gasteiger partial charge < -0.3 is 4.74 Å². The number of ether oxygens (including phenoxy) is 1. The van der Waals surface area contributed by atoms with E-state index in [1.54, 1.807) is 67.8 Å². The van der Waals surface area contributed by atoms with Gasteiger partial charge in [-0.25, -0.2) is 18.4 Å². The van der Waals surface area contributed by atoms with E-state index in [9.17, 15) is 13.2 Å². The lowest BCUT2D eigenvalue weighted by Gasteiger charge is -2.09. The van der Waals surface area contributed by atoms with E-state index < -0.39 is 9.84 Å². The zero-order valence-corrected chi connectivity index (χ0v) is 17.3. The Morgan fingerprint density at radius 3 is 2.48 bits per heavy atom. The smallest absolute Gasteiger partial charge is 0.316 e. The summed E-state index contributed by atoms with van der Waals surface area (Å²) in [5.41, 5.74) is 1.05. The Kier molecular flexibility index (Phi) is 6.95. The molecule has 0 saturated carbocycles. The van der Waals surface area contributed by atoms with Crippen LogP contribution in [-0.4, -0.2) is 41.7 Å². The second-order valence-electron chi connectivity index (χ2n) is 5.92. The Morgan fingerprint density at radius 1 is 1.07 bits per heavy atom. The van der Waals surface area contributed by atoms with Crippen molar-refractivity contribution in [1.82, 2.24) is 15.0 Å². The SMILES string of the molecule is CCOC(=O)CSc1cc(CS(=O)(=O)c2ccccc2)nc(-c2ccncc2)n1. The lowest BCUT2D eigenvalue weighted by atomic mass is 10.2. The Bertz CT molecular complexity index is 1080. The first-order valence-electron chi connectivity index (χ1n) is 8.82. The molecule has 0 atom stereocenters. The Labute approximate surface area is 173 Å². The number of aromatic nitrogens is 3. The molecule has 0 radical (unpaired) electrons. The fourth-order valence-corrected chi connectivity index (χ4v) is 4.49. The molecular weight excluding hydrogens is 410 g/mol. The number of hydrogen-bond acceptors (Lipinski definition) is 8. The van der Waals surface area contributed by atoms with Crippen molar-refractivity contribution in [2.45, 2.75) is 22.6 Å². The van der Waals surface area contributed by atoms with Crippen molar-refractivity contribution in [3.05, 3.63) is 66.6 Å². The van der Waals surface area contributed by atoms with Gasteiger partial charge in [-0.3, -0.25) is 9.78 Å². The van der Waals surface area contributed by atoms with Crippen LogP contribution < -0.4 is 0 Å². The summed E-state index contributed by atoms with van der Waals surface area (Å²) in [6, 6.07) is 13.3. The predicted molar refractivity (Wildman–Crippen MR) is 110 cm³/mol. The molecule has 0 unspecified atom stereocenters. The van der Waals surface area contributed by atoms with Crippen molar-refractivity contribution in [3.8, 4) is 11.4 Å². The van der Waals surface area contributed by atoms with Gasteiger partial charge in [0, 0.05) is 18.0 Å².